The standard InChI is InChI=1S/C23H23N5O/c1-27-19-11-5-4-8-16(19)15-20(27)23(29)24-18-10-7-9-17(14-18)22-26-25-21-12-3-2-6-13-28(21)22/h4-5,7-11,14-15H,2-3,6,12-13H2,1H3,(H,24,29). The van der Waals surface area contributed by atoms with E-state index in [0.29, 0.717) is 5.69 Å². The van der Waals surface area contributed by atoms with Gasteiger partial charge in [0.25, 0.3) is 5.91 Å². The average molecular weight is 385 g/mol. The van der Waals surface area contributed by atoms with Gasteiger partial charge in [-0.3, -0.25) is 4.79 Å². The van der Waals surface area contributed by atoms with Crippen LogP contribution in [0, 0.1) is 0 Å². The van der Waals surface area contributed by atoms with Gasteiger partial charge < -0.3 is 14.5 Å². The molecular formula is C23H23N5O. The lowest BCUT2D eigenvalue weighted by Crippen LogP contribution is -2.15. The number of aryl methyl sites for hydroxylation is 2. The topological polar surface area (TPSA) is 64.7 Å². The number of para-hydroxylation sites is 1. The predicted octanol–water partition coefficient (Wildman–Crippen LogP) is 4.42. The second-order valence-corrected chi connectivity index (χ2v) is 7.58. The van der Waals surface area contributed by atoms with Crippen LogP contribution in [0.2, 0.25) is 0 Å². The minimum Gasteiger partial charge on any atom is -0.340 e. The molecule has 3 heterocycles. The maximum Gasteiger partial charge on any atom is 0.272 e. The smallest absolute Gasteiger partial charge is 0.272 e. The number of fused-ring (bicyclic) bond motifs is 2. The van der Waals surface area contributed by atoms with Crippen molar-refractivity contribution >= 4 is 22.5 Å². The van der Waals surface area contributed by atoms with E-state index >= 15 is 0 Å². The fraction of sp³-hybridized carbons (Fsp3) is 0.261. The molecule has 1 aliphatic heterocycles. The highest BCUT2D eigenvalue weighted by Gasteiger charge is 2.17. The highest BCUT2D eigenvalue weighted by molar-refractivity contribution is 6.06. The maximum atomic E-state index is 12.9. The van der Waals surface area contributed by atoms with Crippen LogP contribution in [0.25, 0.3) is 22.3 Å². The first-order valence-corrected chi connectivity index (χ1v) is 10.1. The molecule has 0 fully saturated rings. The Morgan fingerprint density at radius 3 is 2.79 bits per heavy atom. The number of anilines is 1. The van der Waals surface area contributed by atoms with Crippen LogP contribution in [-0.4, -0.2) is 25.2 Å². The van der Waals surface area contributed by atoms with Crippen molar-refractivity contribution in [3.63, 3.8) is 0 Å². The van der Waals surface area contributed by atoms with Crippen LogP contribution in [0.4, 0.5) is 5.69 Å². The molecule has 0 bridgehead atoms. The number of rotatable bonds is 3. The van der Waals surface area contributed by atoms with Crippen LogP contribution in [0.1, 0.15) is 35.6 Å². The number of amides is 1. The normalized spacial score (nSPS) is 13.8. The van der Waals surface area contributed by atoms with Crippen LogP contribution < -0.4 is 5.32 Å². The van der Waals surface area contributed by atoms with Crippen molar-refractivity contribution in [3.8, 4) is 11.4 Å². The number of nitrogens with zero attached hydrogens (tertiary/aromatic N) is 4. The fourth-order valence-corrected chi connectivity index (χ4v) is 4.14. The molecule has 0 atom stereocenters. The fourth-order valence-electron chi connectivity index (χ4n) is 4.14. The van der Waals surface area contributed by atoms with Crippen LogP contribution in [0.15, 0.2) is 54.6 Å². The zero-order chi connectivity index (χ0) is 19.8. The van der Waals surface area contributed by atoms with E-state index in [1.807, 2.05) is 66.2 Å². The molecule has 0 unspecified atom stereocenters. The summed E-state index contributed by atoms with van der Waals surface area (Å²) in [5, 5.41) is 12.9. The van der Waals surface area contributed by atoms with Gasteiger partial charge >= 0.3 is 0 Å². The summed E-state index contributed by atoms with van der Waals surface area (Å²) >= 11 is 0. The summed E-state index contributed by atoms with van der Waals surface area (Å²) in [6.45, 7) is 0.949. The Morgan fingerprint density at radius 1 is 1.00 bits per heavy atom. The van der Waals surface area contributed by atoms with Gasteiger partial charge in [0.15, 0.2) is 5.82 Å². The third-order valence-electron chi connectivity index (χ3n) is 5.67. The molecular weight excluding hydrogens is 362 g/mol. The van der Waals surface area contributed by atoms with E-state index in [4.69, 9.17) is 0 Å². The van der Waals surface area contributed by atoms with Gasteiger partial charge in [0.1, 0.15) is 11.5 Å². The highest BCUT2D eigenvalue weighted by atomic mass is 16.1. The predicted molar refractivity (Wildman–Crippen MR) is 114 cm³/mol. The zero-order valence-corrected chi connectivity index (χ0v) is 16.4. The lowest BCUT2D eigenvalue weighted by molar-refractivity contribution is 0.102. The summed E-state index contributed by atoms with van der Waals surface area (Å²) < 4.78 is 4.14. The summed E-state index contributed by atoms with van der Waals surface area (Å²) in [6, 6.07) is 17.8. The van der Waals surface area contributed by atoms with Crippen molar-refractivity contribution in [2.45, 2.75) is 32.2 Å². The van der Waals surface area contributed by atoms with Gasteiger partial charge in [0, 0.05) is 42.2 Å². The van der Waals surface area contributed by atoms with Crippen molar-refractivity contribution in [1.82, 2.24) is 19.3 Å². The van der Waals surface area contributed by atoms with Crippen LogP contribution in [-0.2, 0) is 20.0 Å². The molecule has 0 saturated heterocycles. The van der Waals surface area contributed by atoms with Gasteiger partial charge in [-0.05, 0) is 37.1 Å². The number of aromatic nitrogens is 4. The van der Waals surface area contributed by atoms with Gasteiger partial charge in [-0.2, -0.15) is 0 Å². The summed E-state index contributed by atoms with van der Waals surface area (Å²) in [7, 11) is 1.92. The molecule has 0 saturated carbocycles. The Bertz CT molecular complexity index is 1200. The third-order valence-corrected chi connectivity index (χ3v) is 5.67. The molecule has 2 aromatic heterocycles. The quantitative estimate of drug-likeness (QED) is 0.568. The second-order valence-electron chi connectivity index (χ2n) is 7.58. The van der Waals surface area contributed by atoms with Crippen LogP contribution in [0.3, 0.4) is 0 Å². The first kappa shape index (κ1) is 17.7. The molecule has 1 aliphatic rings. The Labute approximate surface area is 169 Å². The Hall–Kier alpha value is -3.41. The number of hydrogen-bond acceptors (Lipinski definition) is 3. The van der Waals surface area contributed by atoms with Gasteiger partial charge in [0.2, 0.25) is 0 Å². The molecule has 5 rings (SSSR count). The van der Waals surface area contributed by atoms with Crippen molar-refractivity contribution in [2.24, 2.45) is 7.05 Å². The molecule has 6 heteroatoms. The first-order chi connectivity index (χ1) is 14.2. The molecule has 0 radical (unpaired) electrons. The molecule has 0 aliphatic carbocycles. The molecule has 1 amide bonds. The SMILES string of the molecule is Cn1c(C(=O)Nc2cccc(-c3nnc4n3CCCCC4)c2)cc2ccccc21. The zero-order valence-electron chi connectivity index (χ0n) is 16.4. The molecule has 4 aromatic rings. The lowest BCUT2D eigenvalue weighted by Gasteiger charge is -2.10. The minimum atomic E-state index is -0.124. The Kier molecular flexibility index (Phi) is 4.39. The van der Waals surface area contributed by atoms with E-state index in [0.717, 1.165) is 53.2 Å². The highest BCUT2D eigenvalue weighted by Crippen LogP contribution is 2.25. The van der Waals surface area contributed by atoms with Crippen molar-refractivity contribution in [1.29, 1.82) is 0 Å². The van der Waals surface area contributed by atoms with Crippen molar-refractivity contribution < 1.29 is 4.79 Å². The van der Waals surface area contributed by atoms with E-state index in [-0.39, 0.29) is 5.91 Å². The summed E-state index contributed by atoms with van der Waals surface area (Å²) in [5.74, 6) is 1.81. The lowest BCUT2D eigenvalue weighted by atomic mass is 10.2. The van der Waals surface area contributed by atoms with E-state index in [2.05, 4.69) is 20.1 Å². The summed E-state index contributed by atoms with van der Waals surface area (Å²) in [5.41, 5.74) is 3.40. The van der Waals surface area contributed by atoms with Gasteiger partial charge in [-0.15, -0.1) is 10.2 Å². The number of carbonyl (C=O) groups is 1. The summed E-state index contributed by atoms with van der Waals surface area (Å²) in [4.78, 5) is 12.9. The van der Waals surface area contributed by atoms with Crippen molar-refractivity contribution in [3.05, 3.63) is 66.1 Å². The first-order valence-electron chi connectivity index (χ1n) is 10.1. The maximum absolute atomic E-state index is 12.9. The van der Waals surface area contributed by atoms with Gasteiger partial charge in [-0.1, -0.05) is 36.8 Å². The molecule has 146 valence electrons. The van der Waals surface area contributed by atoms with Crippen LogP contribution in [0.5, 0.6) is 0 Å². The van der Waals surface area contributed by atoms with Gasteiger partial charge in [-0.25, -0.2) is 0 Å². The van der Waals surface area contributed by atoms with E-state index in [9.17, 15) is 4.79 Å². The number of carbonyl (C=O) groups excluding carboxylic acids is 1. The van der Waals surface area contributed by atoms with Crippen molar-refractivity contribution in [2.75, 3.05) is 5.32 Å². The minimum absolute atomic E-state index is 0.124. The van der Waals surface area contributed by atoms with Crippen LogP contribution >= 0.6 is 0 Å². The number of hydrogen-bond donors (Lipinski definition) is 1. The monoisotopic (exact) mass is 385 g/mol. The Balaban J connectivity index is 1.44. The molecule has 2 aromatic carbocycles. The van der Waals surface area contributed by atoms with Gasteiger partial charge in [0.05, 0.1) is 0 Å². The number of nitrogens with one attached hydrogen (secondary N) is 1. The molecule has 29 heavy (non-hydrogen) atoms. The summed E-state index contributed by atoms with van der Waals surface area (Å²) in [6.07, 6.45) is 4.52. The van der Waals surface area contributed by atoms with E-state index in [1.165, 1.54) is 12.8 Å². The molecule has 6 nitrogen and oxygen atoms in total. The average Bonchev–Trinajstić information content (AvgIpc) is 3.21. The second kappa shape index (κ2) is 7.20. The number of benzene rings is 2. The molecule has 1 N–H and O–H groups in total. The largest absolute Gasteiger partial charge is 0.340 e. The molecule has 0 spiro atoms. The van der Waals surface area contributed by atoms with E-state index in [1.54, 1.807) is 0 Å². The van der Waals surface area contributed by atoms with E-state index < -0.39 is 0 Å². The Morgan fingerprint density at radius 2 is 1.90 bits per heavy atom. The third kappa shape index (κ3) is 3.20.